The molecule has 108 valence electrons. The molecule has 0 bridgehead atoms. The number of aromatic nitrogens is 2. The maximum absolute atomic E-state index is 12.0. The van der Waals surface area contributed by atoms with Crippen LogP contribution in [0.3, 0.4) is 0 Å². The van der Waals surface area contributed by atoms with Gasteiger partial charge in [0.05, 0.1) is 11.0 Å². The second-order valence-electron chi connectivity index (χ2n) is 4.30. The van der Waals surface area contributed by atoms with E-state index in [0.717, 1.165) is 0 Å². The van der Waals surface area contributed by atoms with Gasteiger partial charge in [0.2, 0.25) is 0 Å². The van der Waals surface area contributed by atoms with Crippen LogP contribution in [-0.2, 0) is 11.3 Å². The van der Waals surface area contributed by atoms with Gasteiger partial charge in [-0.25, -0.2) is 4.98 Å². The van der Waals surface area contributed by atoms with Gasteiger partial charge in [0.15, 0.2) is 11.5 Å². The molecule has 8 heteroatoms. The van der Waals surface area contributed by atoms with Gasteiger partial charge in [0.25, 0.3) is 0 Å². The third-order valence-corrected chi connectivity index (χ3v) is 2.70. The molecule has 0 radical (unpaired) electrons. The lowest BCUT2D eigenvalue weighted by Gasteiger charge is -2.17. The molecular formula is C12H11F3N2O3. The summed E-state index contributed by atoms with van der Waals surface area (Å²) in [6.07, 6.45) is -4.34. The zero-order valence-corrected chi connectivity index (χ0v) is 10.3. The monoisotopic (exact) mass is 288 g/mol. The number of aromatic amines is 1. The Balaban J connectivity index is 1.77. The molecule has 1 aromatic heterocycles. The summed E-state index contributed by atoms with van der Waals surface area (Å²) in [5.41, 5.74) is 1.26. The van der Waals surface area contributed by atoms with E-state index in [1.54, 1.807) is 12.1 Å². The van der Waals surface area contributed by atoms with E-state index in [0.29, 0.717) is 41.6 Å². The minimum Gasteiger partial charge on any atom is -0.486 e. The van der Waals surface area contributed by atoms with Crippen LogP contribution in [0.5, 0.6) is 11.5 Å². The average Bonchev–Trinajstić information content (AvgIpc) is 2.75. The summed E-state index contributed by atoms with van der Waals surface area (Å²) in [7, 11) is 0. The van der Waals surface area contributed by atoms with Gasteiger partial charge in [0, 0.05) is 12.1 Å². The molecule has 1 N–H and O–H groups in total. The predicted octanol–water partition coefficient (Wildman–Crippen LogP) is 2.41. The Kier molecular flexibility index (Phi) is 3.17. The van der Waals surface area contributed by atoms with Crippen LogP contribution in [-0.4, -0.2) is 36.0 Å². The van der Waals surface area contributed by atoms with Gasteiger partial charge < -0.3 is 19.2 Å². The van der Waals surface area contributed by atoms with E-state index in [4.69, 9.17) is 9.47 Å². The number of halogens is 3. The summed E-state index contributed by atoms with van der Waals surface area (Å²) in [4.78, 5) is 7.05. The van der Waals surface area contributed by atoms with E-state index in [2.05, 4.69) is 14.7 Å². The number of benzene rings is 1. The number of rotatable bonds is 3. The molecule has 1 aliphatic heterocycles. The quantitative estimate of drug-likeness (QED) is 0.942. The van der Waals surface area contributed by atoms with Gasteiger partial charge >= 0.3 is 6.18 Å². The fraction of sp³-hybridized carbons (Fsp3) is 0.417. The molecule has 2 aromatic rings. The van der Waals surface area contributed by atoms with Gasteiger partial charge in [-0.05, 0) is 0 Å². The van der Waals surface area contributed by atoms with Crippen LogP contribution in [0.4, 0.5) is 13.2 Å². The first kappa shape index (κ1) is 13.0. The van der Waals surface area contributed by atoms with Crippen molar-refractivity contribution in [3.8, 4) is 11.5 Å². The largest absolute Gasteiger partial charge is 0.486 e. The van der Waals surface area contributed by atoms with Crippen LogP contribution in [0, 0.1) is 0 Å². The molecule has 2 heterocycles. The Hall–Kier alpha value is -1.96. The van der Waals surface area contributed by atoms with Crippen molar-refractivity contribution in [1.82, 2.24) is 9.97 Å². The van der Waals surface area contributed by atoms with Crippen molar-refractivity contribution in [2.75, 3.05) is 19.8 Å². The Morgan fingerprint density at radius 2 is 1.90 bits per heavy atom. The zero-order valence-electron chi connectivity index (χ0n) is 10.3. The fourth-order valence-electron chi connectivity index (χ4n) is 1.93. The highest BCUT2D eigenvalue weighted by Gasteiger charge is 2.27. The van der Waals surface area contributed by atoms with Gasteiger partial charge in [-0.15, -0.1) is 0 Å². The van der Waals surface area contributed by atoms with Crippen LogP contribution >= 0.6 is 0 Å². The third-order valence-electron chi connectivity index (χ3n) is 2.70. The van der Waals surface area contributed by atoms with Crippen molar-refractivity contribution in [1.29, 1.82) is 0 Å². The molecule has 0 amide bonds. The van der Waals surface area contributed by atoms with Crippen molar-refractivity contribution < 1.29 is 27.4 Å². The van der Waals surface area contributed by atoms with Gasteiger partial charge in [-0.1, -0.05) is 0 Å². The molecule has 5 nitrogen and oxygen atoms in total. The van der Waals surface area contributed by atoms with Crippen LogP contribution in [0.15, 0.2) is 12.1 Å². The summed E-state index contributed by atoms with van der Waals surface area (Å²) in [6, 6.07) is 3.40. The molecule has 20 heavy (non-hydrogen) atoms. The Bertz CT molecular complexity index is 581. The lowest BCUT2D eigenvalue weighted by atomic mass is 10.2. The second kappa shape index (κ2) is 4.86. The molecule has 1 aliphatic rings. The number of hydrogen-bond acceptors (Lipinski definition) is 4. The Morgan fingerprint density at radius 3 is 2.60 bits per heavy atom. The number of fused-ring (bicyclic) bond motifs is 2. The number of ether oxygens (including phenoxy) is 3. The molecule has 1 aromatic carbocycles. The number of imidazole rings is 1. The average molecular weight is 288 g/mol. The highest BCUT2D eigenvalue weighted by atomic mass is 19.4. The number of hydrogen-bond donors (Lipinski definition) is 1. The van der Waals surface area contributed by atoms with E-state index in [-0.39, 0.29) is 6.61 Å². The summed E-state index contributed by atoms with van der Waals surface area (Å²) >= 11 is 0. The summed E-state index contributed by atoms with van der Waals surface area (Å²) < 4.78 is 51.3. The number of nitrogens with zero attached hydrogens (tertiary/aromatic N) is 1. The normalized spacial score (nSPS) is 14.8. The second-order valence-corrected chi connectivity index (χ2v) is 4.30. The first-order chi connectivity index (χ1) is 9.51. The van der Waals surface area contributed by atoms with E-state index >= 15 is 0 Å². The van der Waals surface area contributed by atoms with Gasteiger partial charge in [-0.3, -0.25) is 0 Å². The molecule has 3 rings (SSSR count). The van der Waals surface area contributed by atoms with Crippen molar-refractivity contribution >= 4 is 11.0 Å². The third kappa shape index (κ3) is 2.79. The lowest BCUT2D eigenvalue weighted by molar-refractivity contribution is -0.177. The number of nitrogens with one attached hydrogen (secondary N) is 1. The van der Waals surface area contributed by atoms with Gasteiger partial charge in [-0.2, -0.15) is 13.2 Å². The smallest absolute Gasteiger partial charge is 0.411 e. The van der Waals surface area contributed by atoms with E-state index in [1.165, 1.54) is 0 Å². The maximum atomic E-state index is 12.0. The van der Waals surface area contributed by atoms with Crippen LogP contribution in [0.2, 0.25) is 0 Å². The molecule has 0 saturated carbocycles. The minimum atomic E-state index is -4.34. The zero-order chi connectivity index (χ0) is 14.2. The van der Waals surface area contributed by atoms with Crippen molar-refractivity contribution in [2.45, 2.75) is 12.8 Å². The first-order valence-electron chi connectivity index (χ1n) is 5.94. The fourth-order valence-corrected chi connectivity index (χ4v) is 1.93. The maximum Gasteiger partial charge on any atom is 0.411 e. The summed E-state index contributed by atoms with van der Waals surface area (Å²) in [6.45, 7) is -0.605. The highest BCUT2D eigenvalue weighted by molar-refractivity contribution is 5.79. The molecule has 0 spiro atoms. The molecule has 0 atom stereocenters. The Labute approximate surface area is 111 Å². The molecule has 0 saturated heterocycles. The number of alkyl halides is 3. The standard InChI is InChI=1S/C12H11F3N2O3/c13-12(14,15)6-18-5-11-16-7-3-9-10(4-8(7)17-11)20-2-1-19-9/h3-4H,1-2,5-6H2,(H,16,17). The van der Waals surface area contributed by atoms with Crippen LogP contribution in [0.1, 0.15) is 5.82 Å². The molecular weight excluding hydrogens is 277 g/mol. The number of H-pyrrole nitrogens is 1. The summed E-state index contributed by atoms with van der Waals surface area (Å²) in [5.74, 6) is 1.50. The highest BCUT2D eigenvalue weighted by Crippen LogP contribution is 2.33. The van der Waals surface area contributed by atoms with E-state index in [1.807, 2.05) is 0 Å². The topological polar surface area (TPSA) is 56.4 Å². The predicted molar refractivity (Wildman–Crippen MR) is 62.8 cm³/mol. The minimum absolute atomic E-state index is 0.236. The van der Waals surface area contributed by atoms with Crippen LogP contribution in [0.25, 0.3) is 11.0 Å². The van der Waals surface area contributed by atoms with Crippen molar-refractivity contribution in [2.24, 2.45) is 0 Å². The van der Waals surface area contributed by atoms with E-state index in [9.17, 15) is 13.2 Å². The molecule has 0 aliphatic carbocycles. The van der Waals surface area contributed by atoms with Crippen molar-refractivity contribution in [3.05, 3.63) is 18.0 Å². The van der Waals surface area contributed by atoms with Crippen molar-refractivity contribution in [3.63, 3.8) is 0 Å². The lowest BCUT2D eigenvalue weighted by Crippen LogP contribution is -2.16. The Morgan fingerprint density at radius 1 is 1.20 bits per heavy atom. The van der Waals surface area contributed by atoms with Crippen LogP contribution < -0.4 is 9.47 Å². The first-order valence-corrected chi connectivity index (χ1v) is 5.94. The van der Waals surface area contributed by atoms with Gasteiger partial charge in [0.1, 0.15) is 32.3 Å². The van der Waals surface area contributed by atoms with E-state index < -0.39 is 12.8 Å². The molecule has 0 fully saturated rings. The SMILES string of the molecule is FC(F)(F)COCc1nc2cc3c(cc2[nH]1)OCCO3. The summed E-state index contributed by atoms with van der Waals surface area (Å²) in [5, 5.41) is 0. The molecule has 0 unspecified atom stereocenters.